The number of rotatable bonds is 5. The molecular weight excluding hydrogens is 281 g/mol. The lowest BCUT2D eigenvalue weighted by atomic mass is 10.1. The molecule has 2 N–H and O–H groups in total. The molecule has 22 heavy (non-hydrogen) atoms. The SMILES string of the molecule is CC(NC(=O)CNc1cccc(C#N)c1)c1ccc(F)cc1. The van der Waals surface area contributed by atoms with Crippen molar-refractivity contribution >= 4 is 11.6 Å². The first-order valence-electron chi connectivity index (χ1n) is 6.87. The summed E-state index contributed by atoms with van der Waals surface area (Å²) < 4.78 is 12.9. The highest BCUT2D eigenvalue weighted by Crippen LogP contribution is 2.13. The number of anilines is 1. The molecule has 5 heteroatoms. The van der Waals surface area contributed by atoms with Crippen molar-refractivity contribution in [2.75, 3.05) is 11.9 Å². The van der Waals surface area contributed by atoms with Crippen LogP contribution in [-0.2, 0) is 4.79 Å². The largest absolute Gasteiger partial charge is 0.376 e. The van der Waals surface area contributed by atoms with Gasteiger partial charge in [-0.2, -0.15) is 5.26 Å². The predicted molar refractivity (Wildman–Crippen MR) is 82.6 cm³/mol. The molecule has 0 saturated carbocycles. The Kier molecular flexibility index (Phi) is 5.10. The normalized spacial score (nSPS) is 11.3. The van der Waals surface area contributed by atoms with Gasteiger partial charge in [-0.05, 0) is 42.8 Å². The van der Waals surface area contributed by atoms with Gasteiger partial charge in [0.25, 0.3) is 0 Å². The van der Waals surface area contributed by atoms with Gasteiger partial charge < -0.3 is 10.6 Å². The number of hydrogen-bond donors (Lipinski definition) is 2. The Bertz CT molecular complexity index is 692. The second kappa shape index (κ2) is 7.23. The average Bonchev–Trinajstić information content (AvgIpc) is 2.53. The molecule has 0 aliphatic carbocycles. The van der Waals surface area contributed by atoms with Gasteiger partial charge in [0.15, 0.2) is 0 Å². The average molecular weight is 297 g/mol. The van der Waals surface area contributed by atoms with Crippen LogP contribution < -0.4 is 10.6 Å². The molecule has 2 aromatic carbocycles. The zero-order valence-electron chi connectivity index (χ0n) is 12.1. The standard InChI is InChI=1S/C17H16FN3O/c1-12(14-5-7-15(18)8-6-14)21-17(22)11-20-16-4-2-3-13(9-16)10-19/h2-9,12,20H,11H2,1H3,(H,21,22). The summed E-state index contributed by atoms with van der Waals surface area (Å²) in [5.41, 5.74) is 2.08. The van der Waals surface area contributed by atoms with Crippen molar-refractivity contribution in [1.29, 1.82) is 5.26 Å². The van der Waals surface area contributed by atoms with Gasteiger partial charge in [0, 0.05) is 5.69 Å². The van der Waals surface area contributed by atoms with Crippen molar-refractivity contribution < 1.29 is 9.18 Å². The van der Waals surface area contributed by atoms with Gasteiger partial charge in [0.1, 0.15) is 5.82 Å². The predicted octanol–water partition coefficient (Wildman–Crippen LogP) is 2.99. The first kappa shape index (κ1) is 15.5. The van der Waals surface area contributed by atoms with Gasteiger partial charge in [-0.25, -0.2) is 4.39 Å². The Hall–Kier alpha value is -2.87. The monoisotopic (exact) mass is 297 g/mol. The van der Waals surface area contributed by atoms with Gasteiger partial charge >= 0.3 is 0 Å². The third-order valence-corrected chi connectivity index (χ3v) is 3.19. The quantitative estimate of drug-likeness (QED) is 0.891. The first-order chi connectivity index (χ1) is 10.6. The van der Waals surface area contributed by atoms with Crippen molar-refractivity contribution in [3.8, 4) is 6.07 Å². The Morgan fingerprint density at radius 2 is 2.00 bits per heavy atom. The van der Waals surface area contributed by atoms with Crippen molar-refractivity contribution in [2.45, 2.75) is 13.0 Å². The van der Waals surface area contributed by atoms with E-state index in [1.807, 2.05) is 13.0 Å². The Morgan fingerprint density at radius 1 is 1.27 bits per heavy atom. The molecule has 112 valence electrons. The molecule has 4 nitrogen and oxygen atoms in total. The van der Waals surface area contributed by atoms with E-state index in [0.29, 0.717) is 11.3 Å². The lowest BCUT2D eigenvalue weighted by Gasteiger charge is -2.15. The third kappa shape index (κ3) is 4.32. The molecule has 1 amide bonds. The zero-order valence-corrected chi connectivity index (χ0v) is 12.1. The van der Waals surface area contributed by atoms with Gasteiger partial charge in [-0.3, -0.25) is 4.79 Å². The minimum absolute atomic E-state index is 0.0976. The van der Waals surface area contributed by atoms with Gasteiger partial charge in [0.05, 0.1) is 24.2 Å². The summed E-state index contributed by atoms with van der Waals surface area (Å²) in [7, 11) is 0. The van der Waals surface area contributed by atoms with E-state index in [-0.39, 0.29) is 24.3 Å². The molecule has 0 aliphatic rings. The minimum atomic E-state index is -0.304. The summed E-state index contributed by atoms with van der Waals surface area (Å²) in [5.74, 6) is -0.486. The fourth-order valence-corrected chi connectivity index (χ4v) is 2.01. The van der Waals surface area contributed by atoms with Crippen molar-refractivity contribution in [3.05, 3.63) is 65.5 Å². The number of nitriles is 1. The second-order valence-corrected chi connectivity index (χ2v) is 4.89. The fourth-order valence-electron chi connectivity index (χ4n) is 2.01. The molecule has 0 spiro atoms. The van der Waals surface area contributed by atoms with Crippen LogP contribution in [0.15, 0.2) is 48.5 Å². The Balaban J connectivity index is 1.87. The summed E-state index contributed by atoms with van der Waals surface area (Å²) >= 11 is 0. The lowest BCUT2D eigenvalue weighted by Crippen LogP contribution is -2.32. The number of amides is 1. The summed E-state index contributed by atoms with van der Waals surface area (Å²) in [6.07, 6.45) is 0. The summed E-state index contributed by atoms with van der Waals surface area (Å²) in [6.45, 7) is 1.93. The van der Waals surface area contributed by atoms with Crippen LogP contribution in [0.3, 0.4) is 0 Å². The maximum atomic E-state index is 12.9. The molecule has 1 atom stereocenters. The van der Waals surface area contributed by atoms with Crippen LogP contribution in [0, 0.1) is 17.1 Å². The van der Waals surface area contributed by atoms with Crippen molar-refractivity contribution in [1.82, 2.24) is 5.32 Å². The molecule has 0 saturated heterocycles. The maximum Gasteiger partial charge on any atom is 0.239 e. The number of carbonyl (C=O) groups is 1. The van der Waals surface area contributed by atoms with E-state index in [0.717, 1.165) is 5.56 Å². The van der Waals surface area contributed by atoms with Crippen molar-refractivity contribution in [3.63, 3.8) is 0 Å². The number of nitrogens with zero attached hydrogens (tertiary/aromatic N) is 1. The second-order valence-electron chi connectivity index (χ2n) is 4.89. The first-order valence-corrected chi connectivity index (χ1v) is 6.87. The minimum Gasteiger partial charge on any atom is -0.376 e. The fraction of sp³-hybridized carbons (Fsp3) is 0.176. The zero-order chi connectivity index (χ0) is 15.9. The number of hydrogen-bond acceptors (Lipinski definition) is 3. The van der Waals surface area contributed by atoms with Gasteiger partial charge in [0.2, 0.25) is 5.91 Å². The molecule has 1 unspecified atom stereocenters. The number of halogens is 1. The molecule has 0 bridgehead atoms. The summed E-state index contributed by atoms with van der Waals surface area (Å²) in [4.78, 5) is 11.9. The van der Waals surface area contributed by atoms with Gasteiger partial charge in [-0.1, -0.05) is 18.2 Å². The van der Waals surface area contributed by atoms with Crippen LogP contribution in [0.1, 0.15) is 24.1 Å². The molecule has 2 rings (SSSR count). The van der Waals surface area contributed by atoms with Crippen LogP contribution in [-0.4, -0.2) is 12.5 Å². The number of nitrogens with one attached hydrogen (secondary N) is 2. The molecule has 0 aromatic heterocycles. The number of benzene rings is 2. The van der Waals surface area contributed by atoms with Crippen LogP contribution in [0.2, 0.25) is 0 Å². The molecular formula is C17H16FN3O. The van der Waals surface area contributed by atoms with Gasteiger partial charge in [-0.15, -0.1) is 0 Å². The molecule has 0 heterocycles. The smallest absolute Gasteiger partial charge is 0.239 e. The summed E-state index contributed by atoms with van der Waals surface area (Å²) in [5, 5.41) is 14.6. The molecule has 0 radical (unpaired) electrons. The van der Waals surface area contributed by atoms with Crippen molar-refractivity contribution in [2.24, 2.45) is 0 Å². The van der Waals surface area contributed by atoms with Crippen LogP contribution in [0.4, 0.5) is 10.1 Å². The van der Waals surface area contributed by atoms with E-state index < -0.39 is 0 Å². The maximum absolute atomic E-state index is 12.9. The van der Waals surface area contributed by atoms with E-state index >= 15 is 0 Å². The third-order valence-electron chi connectivity index (χ3n) is 3.19. The van der Waals surface area contributed by atoms with E-state index in [1.54, 1.807) is 36.4 Å². The van der Waals surface area contributed by atoms with Crippen LogP contribution >= 0.6 is 0 Å². The van der Waals surface area contributed by atoms with Crippen LogP contribution in [0.25, 0.3) is 0 Å². The molecule has 0 aliphatic heterocycles. The number of carbonyl (C=O) groups excluding carboxylic acids is 1. The molecule has 0 fully saturated rings. The Morgan fingerprint density at radius 3 is 2.68 bits per heavy atom. The summed E-state index contributed by atoms with van der Waals surface area (Å²) in [6, 6.07) is 14.8. The highest BCUT2D eigenvalue weighted by Gasteiger charge is 2.09. The van der Waals surface area contributed by atoms with Crippen LogP contribution in [0.5, 0.6) is 0 Å². The Labute approximate surface area is 128 Å². The molecule has 2 aromatic rings. The highest BCUT2D eigenvalue weighted by molar-refractivity contribution is 5.81. The topological polar surface area (TPSA) is 64.9 Å². The van der Waals surface area contributed by atoms with E-state index in [1.165, 1.54) is 12.1 Å². The van der Waals surface area contributed by atoms with E-state index in [9.17, 15) is 9.18 Å². The van der Waals surface area contributed by atoms with E-state index in [2.05, 4.69) is 10.6 Å². The lowest BCUT2D eigenvalue weighted by molar-refractivity contribution is -0.120. The highest BCUT2D eigenvalue weighted by atomic mass is 19.1. The van der Waals surface area contributed by atoms with E-state index in [4.69, 9.17) is 5.26 Å².